The minimum atomic E-state index is -0.451. The highest BCUT2D eigenvalue weighted by Gasteiger charge is 2.31. The van der Waals surface area contributed by atoms with Crippen LogP contribution in [0, 0.1) is 6.92 Å². The van der Waals surface area contributed by atoms with Gasteiger partial charge in [0.05, 0.1) is 13.5 Å². The van der Waals surface area contributed by atoms with Crippen molar-refractivity contribution in [2.24, 2.45) is 0 Å². The van der Waals surface area contributed by atoms with Crippen molar-refractivity contribution in [1.82, 2.24) is 0 Å². The van der Waals surface area contributed by atoms with Crippen molar-refractivity contribution in [3.8, 4) is 23.0 Å². The quantitative estimate of drug-likeness (QED) is 0.891. The van der Waals surface area contributed by atoms with Crippen LogP contribution in [0.5, 0.6) is 23.0 Å². The topological polar surface area (TPSA) is 76.0 Å². The maximum absolute atomic E-state index is 12.3. The molecule has 0 saturated carbocycles. The highest BCUT2D eigenvalue weighted by atomic mass is 16.5. The second-order valence-corrected chi connectivity index (χ2v) is 5.25. The van der Waals surface area contributed by atoms with Crippen LogP contribution in [-0.4, -0.2) is 23.1 Å². The van der Waals surface area contributed by atoms with Crippen molar-refractivity contribution in [1.29, 1.82) is 0 Å². The zero-order valence-corrected chi connectivity index (χ0v) is 12.3. The van der Waals surface area contributed by atoms with Crippen molar-refractivity contribution in [2.75, 3.05) is 7.11 Å². The molecule has 0 aliphatic carbocycles. The Kier molecular flexibility index (Phi) is 3.41. The normalized spacial score (nSPS) is 16.8. The first-order valence-corrected chi connectivity index (χ1v) is 6.90. The van der Waals surface area contributed by atoms with Crippen LogP contribution in [0.15, 0.2) is 30.3 Å². The highest BCUT2D eigenvalue weighted by Crippen LogP contribution is 2.44. The van der Waals surface area contributed by atoms with E-state index in [0.717, 1.165) is 11.3 Å². The number of aromatic hydroxyl groups is 2. The highest BCUT2D eigenvalue weighted by molar-refractivity contribution is 6.03. The van der Waals surface area contributed by atoms with Crippen LogP contribution in [0.25, 0.3) is 0 Å². The first-order chi connectivity index (χ1) is 10.5. The third-order valence-electron chi connectivity index (χ3n) is 3.90. The number of methoxy groups -OCH3 is 1. The molecule has 3 rings (SSSR count). The zero-order valence-electron chi connectivity index (χ0n) is 12.3. The van der Waals surface area contributed by atoms with Crippen LogP contribution >= 0.6 is 0 Å². The largest absolute Gasteiger partial charge is 0.507 e. The van der Waals surface area contributed by atoms with E-state index < -0.39 is 6.10 Å². The van der Waals surface area contributed by atoms with Crippen LogP contribution in [0.2, 0.25) is 0 Å². The van der Waals surface area contributed by atoms with E-state index in [1.807, 2.05) is 12.1 Å². The third-order valence-corrected chi connectivity index (χ3v) is 3.90. The summed E-state index contributed by atoms with van der Waals surface area (Å²) in [5, 5.41) is 19.8. The summed E-state index contributed by atoms with van der Waals surface area (Å²) >= 11 is 0. The van der Waals surface area contributed by atoms with E-state index in [0.29, 0.717) is 0 Å². The molecule has 0 spiro atoms. The fraction of sp³-hybridized carbons (Fsp3) is 0.235. The summed E-state index contributed by atoms with van der Waals surface area (Å²) in [6.07, 6.45) is -0.315. The number of carbonyl (C=O) groups is 1. The molecule has 22 heavy (non-hydrogen) atoms. The number of ether oxygens (including phenoxy) is 2. The molecule has 0 saturated heterocycles. The average Bonchev–Trinajstić information content (AvgIpc) is 2.52. The molecule has 2 aromatic rings. The van der Waals surface area contributed by atoms with Crippen LogP contribution in [-0.2, 0) is 0 Å². The third kappa shape index (κ3) is 2.24. The number of rotatable bonds is 2. The smallest absolute Gasteiger partial charge is 0.174 e. The number of fused-ring (bicyclic) bond motifs is 1. The number of hydrogen-bond donors (Lipinski definition) is 2. The Balaban J connectivity index is 1.98. The molecule has 1 unspecified atom stereocenters. The monoisotopic (exact) mass is 300 g/mol. The summed E-state index contributed by atoms with van der Waals surface area (Å²) in [7, 11) is 1.58. The Hall–Kier alpha value is -2.69. The van der Waals surface area contributed by atoms with Crippen LogP contribution < -0.4 is 9.47 Å². The van der Waals surface area contributed by atoms with Gasteiger partial charge in [-0.3, -0.25) is 4.79 Å². The average molecular weight is 300 g/mol. The van der Waals surface area contributed by atoms with Gasteiger partial charge in [-0.25, -0.2) is 0 Å². The fourth-order valence-corrected chi connectivity index (χ4v) is 2.56. The van der Waals surface area contributed by atoms with Crippen LogP contribution in [0.3, 0.4) is 0 Å². The lowest BCUT2D eigenvalue weighted by atomic mass is 9.94. The van der Waals surface area contributed by atoms with E-state index in [-0.39, 0.29) is 40.6 Å². The fourth-order valence-electron chi connectivity index (χ4n) is 2.56. The first kappa shape index (κ1) is 14.3. The maximum Gasteiger partial charge on any atom is 0.174 e. The molecule has 1 aliphatic rings. The second-order valence-electron chi connectivity index (χ2n) is 5.25. The van der Waals surface area contributed by atoms with Gasteiger partial charge in [0.25, 0.3) is 0 Å². The molecule has 1 atom stereocenters. The Morgan fingerprint density at radius 2 is 1.91 bits per heavy atom. The van der Waals surface area contributed by atoms with Crippen LogP contribution in [0.4, 0.5) is 0 Å². The minimum absolute atomic E-state index is 0.0977. The van der Waals surface area contributed by atoms with Crippen molar-refractivity contribution < 1.29 is 24.5 Å². The van der Waals surface area contributed by atoms with Gasteiger partial charge in [-0.05, 0) is 24.6 Å². The van der Waals surface area contributed by atoms with Crippen molar-refractivity contribution in [2.45, 2.75) is 19.4 Å². The molecule has 5 nitrogen and oxygen atoms in total. The summed E-state index contributed by atoms with van der Waals surface area (Å²) in [5.74, 6) is 0.408. The predicted octanol–water partition coefficient (Wildman–Crippen LogP) is 3.12. The maximum atomic E-state index is 12.3. The van der Waals surface area contributed by atoms with Gasteiger partial charge in [0, 0.05) is 11.6 Å². The van der Waals surface area contributed by atoms with Gasteiger partial charge in [-0.15, -0.1) is 0 Å². The first-order valence-electron chi connectivity index (χ1n) is 6.90. The Bertz CT molecular complexity index is 734. The molecule has 2 N–H and O–H groups in total. The molecule has 1 heterocycles. The minimum Gasteiger partial charge on any atom is -0.507 e. The number of ketones is 1. The molecule has 0 amide bonds. The van der Waals surface area contributed by atoms with Gasteiger partial charge >= 0.3 is 0 Å². The van der Waals surface area contributed by atoms with Gasteiger partial charge in [-0.2, -0.15) is 0 Å². The van der Waals surface area contributed by atoms with E-state index in [9.17, 15) is 15.0 Å². The van der Waals surface area contributed by atoms with E-state index >= 15 is 0 Å². The Morgan fingerprint density at radius 3 is 2.55 bits per heavy atom. The number of benzene rings is 2. The molecular formula is C17H16O5. The molecule has 0 fully saturated rings. The number of phenols is 2. The van der Waals surface area contributed by atoms with E-state index in [1.54, 1.807) is 26.2 Å². The van der Waals surface area contributed by atoms with Crippen molar-refractivity contribution in [3.05, 3.63) is 47.0 Å². The molecule has 114 valence electrons. The molecule has 1 aliphatic heterocycles. The SMILES string of the molecule is COc1ccc(C2CC(=O)c3c(cc(O)c(C)c3O)O2)cc1. The summed E-state index contributed by atoms with van der Waals surface area (Å²) in [6.45, 7) is 1.55. The standard InChI is InChI=1S/C17H16O5/c1-9-12(18)7-15-16(17(9)20)13(19)8-14(22-15)10-3-5-11(21-2)6-4-10/h3-7,14,18,20H,8H2,1-2H3. The molecule has 0 radical (unpaired) electrons. The van der Waals surface area contributed by atoms with Gasteiger partial charge in [-0.1, -0.05) is 12.1 Å². The van der Waals surface area contributed by atoms with Crippen molar-refractivity contribution in [3.63, 3.8) is 0 Å². The predicted molar refractivity (Wildman–Crippen MR) is 79.8 cm³/mol. The molecule has 0 bridgehead atoms. The van der Waals surface area contributed by atoms with E-state index in [2.05, 4.69) is 0 Å². The van der Waals surface area contributed by atoms with Gasteiger partial charge in [0.15, 0.2) is 5.78 Å². The Morgan fingerprint density at radius 1 is 1.23 bits per heavy atom. The van der Waals surface area contributed by atoms with Gasteiger partial charge < -0.3 is 19.7 Å². The number of phenolic OH excluding ortho intramolecular Hbond substituents is 2. The Labute approximate surface area is 127 Å². The summed E-state index contributed by atoms with van der Waals surface area (Å²) in [4.78, 5) is 12.3. The lowest BCUT2D eigenvalue weighted by Crippen LogP contribution is -2.20. The summed E-state index contributed by atoms with van der Waals surface area (Å²) < 4.78 is 10.9. The van der Waals surface area contributed by atoms with E-state index in [4.69, 9.17) is 9.47 Å². The number of Topliss-reactive ketones (excluding diaryl/α,β-unsaturated/α-hetero) is 1. The lowest BCUT2D eigenvalue weighted by molar-refractivity contribution is 0.0844. The molecule has 2 aromatic carbocycles. The van der Waals surface area contributed by atoms with Gasteiger partial charge in [0.1, 0.15) is 34.7 Å². The molecular weight excluding hydrogens is 284 g/mol. The van der Waals surface area contributed by atoms with Crippen molar-refractivity contribution >= 4 is 5.78 Å². The lowest BCUT2D eigenvalue weighted by Gasteiger charge is -2.26. The number of hydrogen-bond acceptors (Lipinski definition) is 5. The molecule has 5 heteroatoms. The number of carbonyl (C=O) groups excluding carboxylic acids is 1. The summed E-state index contributed by atoms with van der Waals surface area (Å²) in [6, 6.07) is 8.62. The van der Waals surface area contributed by atoms with E-state index in [1.165, 1.54) is 6.07 Å². The zero-order chi connectivity index (χ0) is 15.9. The van der Waals surface area contributed by atoms with Crippen LogP contribution in [0.1, 0.15) is 34.0 Å². The second kappa shape index (κ2) is 5.26. The molecule has 0 aromatic heterocycles. The van der Waals surface area contributed by atoms with Gasteiger partial charge in [0.2, 0.25) is 0 Å². The summed E-state index contributed by atoms with van der Waals surface area (Å²) in [5.41, 5.74) is 1.25.